The number of carbonyl (C=O) groups is 1. The lowest BCUT2D eigenvalue weighted by molar-refractivity contribution is 0.0702. The Morgan fingerprint density at radius 1 is 1.30 bits per heavy atom. The highest BCUT2D eigenvalue weighted by Crippen LogP contribution is 2.26. The van der Waals surface area contributed by atoms with Crippen molar-refractivity contribution in [2.45, 2.75) is 13.5 Å². The van der Waals surface area contributed by atoms with Crippen LogP contribution in [0.2, 0.25) is 0 Å². The number of aryl methyl sites for hydroxylation is 1. The van der Waals surface area contributed by atoms with E-state index >= 15 is 0 Å². The number of benzene rings is 1. The Hall–Kier alpha value is -1.85. The summed E-state index contributed by atoms with van der Waals surface area (Å²) in [4.78, 5) is 12.4. The summed E-state index contributed by atoms with van der Waals surface area (Å²) in [5, 5.41) is 15.7. The summed E-state index contributed by atoms with van der Waals surface area (Å²) in [7, 11) is 0. The molecule has 2 N–H and O–H groups in total. The Kier molecular flexibility index (Phi) is 3.46. The standard InChI is InChI=1S/C15H13NO2S2/c1-9-11(7-14(20-9)15(17)18)8-16-12-2-3-13-10(6-12)4-5-19-13/h2-7,16H,8H2,1H3,(H,17,18). The van der Waals surface area contributed by atoms with Gasteiger partial charge in [-0.2, -0.15) is 0 Å². The molecule has 0 aliphatic heterocycles. The lowest BCUT2D eigenvalue weighted by Crippen LogP contribution is -1.99. The molecular weight excluding hydrogens is 290 g/mol. The Bertz CT molecular complexity index is 773. The van der Waals surface area contributed by atoms with E-state index in [4.69, 9.17) is 5.11 Å². The number of hydrogen-bond donors (Lipinski definition) is 2. The summed E-state index contributed by atoms with van der Waals surface area (Å²) < 4.78 is 1.27. The maximum Gasteiger partial charge on any atom is 0.345 e. The number of carboxylic acid groups (broad SMARTS) is 1. The first-order chi connectivity index (χ1) is 9.63. The Morgan fingerprint density at radius 2 is 2.15 bits per heavy atom. The van der Waals surface area contributed by atoms with Crippen LogP contribution in [0.5, 0.6) is 0 Å². The largest absolute Gasteiger partial charge is 0.477 e. The highest BCUT2D eigenvalue weighted by Gasteiger charge is 2.10. The van der Waals surface area contributed by atoms with Gasteiger partial charge in [0.15, 0.2) is 0 Å². The fourth-order valence-corrected chi connectivity index (χ4v) is 3.73. The van der Waals surface area contributed by atoms with Crippen LogP contribution in [0.4, 0.5) is 5.69 Å². The first kappa shape index (κ1) is 13.1. The minimum atomic E-state index is -0.857. The van der Waals surface area contributed by atoms with Gasteiger partial charge in [0.1, 0.15) is 4.88 Å². The van der Waals surface area contributed by atoms with Gasteiger partial charge in [-0.15, -0.1) is 22.7 Å². The topological polar surface area (TPSA) is 49.3 Å². The molecule has 0 saturated carbocycles. The molecular formula is C15H13NO2S2. The van der Waals surface area contributed by atoms with Crippen LogP contribution in [0, 0.1) is 6.92 Å². The zero-order chi connectivity index (χ0) is 14.1. The van der Waals surface area contributed by atoms with Gasteiger partial charge in [-0.05, 0) is 53.6 Å². The Morgan fingerprint density at radius 3 is 2.90 bits per heavy atom. The first-order valence-electron chi connectivity index (χ1n) is 6.17. The molecule has 5 heteroatoms. The van der Waals surface area contributed by atoms with E-state index in [-0.39, 0.29) is 0 Å². The summed E-state index contributed by atoms with van der Waals surface area (Å²) in [6.45, 7) is 2.60. The molecule has 0 radical (unpaired) electrons. The van der Waals surface area contributed by atoms with E-state index in [1.165, 1.54) is 21.4 Å². The van der Waals surface area contributed by atoms with Crippen molar-refractivity contribution in [3.8, 4) is 0 Å². The molecule has 2 aromatic heterocycles. The molecule has 0 spiro atoms. The molecule has 0 bridgehead atoms. The van der Waals surface area contributed by atoms with Crippen LogP contribution in [-0.2, 0) is 6.54 Å². The normalized spacial score (nSPS) is 10.8. The number of rotatable bonds is 4. The maximum atomic E-state index is 10.9. The third-order valence-corrected chi connectivity index (χ3v) is 5.15. The molecule has 0 unspecified atom stereocenters. The number of anilines is 1. The van der Waals surface area contributed by atoms with Crippen LogP contribution >= 0.6 is 22.7 Å². The Balaban J connectivity index is 1.77. The highest BCUT2D eigenvalue weighted by molar-refractivity contribution is 7.17. The molecule has 0 fully saturated rings. The molecule has 2 heterocycles. The highest BCUT2D eigenvalue weighted by atomic mass is 32.1. The number of aromatic carboxylic acids is 1. The third kappa shape index (κ3) is 2.55. The van der Waals surface area contributed by atoms with E-state index in [9.17, 15) is 4.79 Å². The van der Waals surface area contributed by atoms with Gasteiger partial charge in [-0.3, -0.25) is 0 Å². The second kappa shape index (κ2) is 5.26. The van der Waals surface area contributed by atoms with E-state index in [0.717, 1.165) is 16.1 Å². The zero-order valence-electron chi connectivity index (χ0n) is 10.8. The van der Waals surface area contributed by atoms with E-state index in [1.807, 2.05) is 6.92 Å². The molecule has 0 aliphatic rings. The van der Waals surface area contributed by atoms with Gasteiger partial charge in [0, 0.05) is 21.8 Å². The summed E-state index contributed by atoms with van der Waals surface area (Å²) >= 11 is 3.05. The SMILES string of the molecule is Cc1sc(C(=O)O)cc1CNc1ccc2sccc2c1. The molecule has 3 rings (SSSR count). The van der Waals surface area contributed by atoms with Crippen molar-refractivity contribution in [3.05, 3.63) is 51.0 Å². The summed E-state index contributed by atoms with van der Waals surface area (Å²) in [5.74, 6) is -0.857. The van der Waals surface area contributed by atoms with Gasteiger partial charge < -0.3 is 10.4 Å². The summed E-state index contributed by atoms with van der Waals surface area (Å²) in [5.41, 5.74) is 2.09. The molecule has 1 aromatic carbocycles. The molecule has 3 aromatic rings. The van der Waals surface area contributed by atoms with Crippen molar-refractivity contribution in [2.75, 3.05) is 5.32 Å². The van der Waals surface area contributed by atoms with Crippen molar-refractivity contribution in [1.82, 2.24) is 0 Å². The first-order valence-corrected chi connectivity index (χ1v) is 7.87. The molecule has 0 saturated heterocycles. The van der Waals surface area contributed by atoms with Crippen molar-refractivity contribution in [1.29, 1.82) is 0 Å². The van der Waals surface area contributed by atoms with Crippen molar-refractivity contribution in [2.24, 2.45) is 0 Å². The molecule has 20 heavy (non-hydrogen) atoms. The predicted octanol–water partition coefficient (Wildman–Crippen LogP) is 4.58. The van der Waals surface area contributed by atoms with Crippen LogP contribution in [0.3, 0.4) is 0 Å². The van der Waals surface area contributed by atoms with E-state index < -0.39 is 5.97 Å². The van der Waals surface area contributed by atoms with Crippen LogP contribution in [0.15, 0.2) is 35.7 Å². The van der Waals surface area contributed by atoms with E-state index in [0.29, 0.717) is 11.4 Å². The van der Waals surface area contributed by atoms with Gasteiger partial charge in [-0.1, -0.05) is 0 Å². The number of thiophene rings is 2. The monoisotopic (exact) mass is 303 g/mol. The fourth-order valence-electron chi connectivity index (χ4n) is 2.07. The molecule has 102 valence electrons. The van der Waals surface area contributed by atoms with Crippen molar-refractivity contribution < 1.29 is 9.90 Å². The van der Waals surface area contributed by atoms with Gasteiger partial charge in [0.2, 0.25) is 0 Å². The summed E-state index contributed by atoms with van der Waals surface area (Å²) in [6.07, 6.45) is 0. The smallest absolute Gasteiger partial charge is 0.345 e. The molecule has 0 amide bonds. The molecule has 0 aliphatic carbocycles. The quantitative estimate of drug-likeness (QED) is 0.741. The molecule has 0 atom stereocenters. The average molecular weight is 303 g/mol. The second-order valence-electron chi connectivity index (χ2n) is 4.52. The van der Waals surface area contributed by atoms with Crippen LogP contribution in [0.1, 0.15) is 20.1 Å². The molecule has 3 nitrogen and oxygen atoms in total. The van der Waals surface area contributed by atoms with Gasteiger partial charge >= 0.3 is 5.97 Å². The Labute approximate surface area is 124 Å². The minimum Gasteiger partial charge on any atom is -0.477 e. The minimum absolute atomic E-state index is 0.396. The van der Waals surface area contributed by atoms with E-state index in [1.54, 1.807) is 17.4 Å². The van der Waals surface area contributed by atoms with Gasteiger partial charge in [0.25, 0.3) is 0 Å². The van der Waals surface area contributed by atoms with Gasteiger partial charge in [-0.25, -0.2) is 4.79 Å². The van der Waals surface area contributed by atoms with Crippen molar-refractivity contribution >= 4 is 44.4 Å². The number of carboxylic acids is 1. The van der Waals surface area contributed by atoms with Gasteiger partial charge in [0.05, 0.1) is 0 Å². The predicted molar refractivity (Wildman–Crippen MR) is 85.2 cm³/mol. The number of hydrogen-bond acceptors (Lipinski definition) is 4. The number of nitrogens with one attached hydrogen (secondary N) is 1. The van der Waals surface area contributed by atoms with Crippen LogP contribution < -0.4 is 5.32 Å². The lowest BCUT2D eigenvalue weighted by Gasteiger charge is -2.06. The zero-order valence-corrected chi connectivity index (χ0v) is 12.5. The average Bonchev–Trinajstić information content (AvgIpc) is 3.02. The lowest BCUT2D eigenvalue weighted by atomic mass is 10.2. The summed E-state index contributed by atoms with van der Waals surface area (Å²) in [6, 6.07) is 10.1. The second-order valence-corrected chi connectivity index (χ2v) is 6.73. The van der Waals surface area contributed by atoms with Crippen molar-refractivity contribution in [3.63, 3.8) is 0 Å². The fraction of sp³-hybridized carbons (Fsp3) is 0.133. The van der Waals surface area contributed by atoms with Crippen LogP contribution in [-0.4, -0.2) is 11.1 Å². The van der Waals surface area contributed by atoms with E-state index in [2.05, 4.69) is 35.0 Å². The maximum absolute atomic E-state index is 10.9. The number of fused-ring (bicyclic) bond motifs is 1. The van der Waals surface area contributed by atoms with Crippen LogP contribution in [0.25, 0.3) is 10.1 Å². The third-order valence-electron chi connectivity index (χ3n) is 3.17.